The van der Waals surface area contributed by atoms with Gasteiger partial charge in [-0.15, -0.1) is 6.58 Å². The van der Waals surface area contributed by atoms with E-state index in [1.807, 2.05) is 6.08 Å². The lowest BCUT2D eigenvalue weighted by atomic mass is 9.72. The van der Waals surface area contributed by atoms with Gasteiger partial charge in [-0.2, -0.15) is 0 Å². The smallest absolute Gasteiger partial charge is 0.174 e. The van der Waals surface area contributed by atoms with Gasteiger partial charge in [-0.05, 0) is 18.4 Å². The van der Waals surface area contributed by atoms with Crippen LogP contribution in [0.3, 0.4) is 0 Å². The molecule has 0 radical (unpaired) electrons. The first kappa shape index (κ1) is 10.5. The third kappa shape index (κ3) is 1.09. The second-order valence-corrected chi connectivity index (χ2v) is 5.15. The third-order valence-corrected chi connectivity index (χ3v) is 4.61. The molecule has 0 aromatic heterocycles. The Morgan fingerprint density at radius 2 is 2.00 bits per heavy atom. The molecule has 16 heavy (non-hydrogen) atoms. The molecular weight excluding hydrogens is 204 g/mol. The Balaban J connectivity index is 1.98. The maximum atomic E-state index is 10.3. The van der Waals surface area contributed by atoms with E-state index in [1.165, 1.54) is 0 Å². The van der Waals surface area contributed by atoms with Crippen LogP contribution in [0.5, 0.6) is 0 Å². The summed E-state index contributed by atoms with van der Waals surface area (Å²) in [5, 5.41) is 10.3. The first-order valence-corrected chi connectivity index (χ1v) is 5.92. The lowest BCUT2D eigenvalue weighted by Crippen LogP contribution is -2.45. The van der Waals surface area contributed by atoms with Gasteiger partial charge in [0.25, 0.3) is 0 Å². The van der Waals surface area contributed by atoms with E-state index in [2.05, 4.69) is 13.2 Å². The average Bonchev–Trinajstić information content (AvgIpc) is 2.84. The fourth-order valence-corrected chi connectivity index (χ4v) is 3.56. The predicted molar refractivity (Wildman–Crippen MR) is 59.8 cm³/mol. The lowest BCUT2D eigenvalue weighted by molar-refractivity contribution is -0.224. The summed E-state index contributed by atoms with van der Waals surface area (Å²) in [6.45, 7) is 9.21. The lowest BCUT2D eigenvalue weighted by Gasteiger charge is -2.41. The fourth-order valence-electron chi connectivity index (χ4n) is 3.56. The number of ether oxygens (including phenoxy) is 2. The largest absolute Gasteiger partial charge is 0.388 e. The van der Waals surface area contributed by atoms with Crippen LogP contribution in [0.1, 0.15) is 19.3 Å². The quantitative estimate of drug-likeness (QED) is 0.685. The van der Waals surface area contributed by atoms with Crippen LogP contribution in [0.15, 0.2) is 24.8 Å². The van der Waals surface area contributed by atoms with Gasteiger partial charge in [0.15, 0.2) is 5.79 Å². The van der Waals surface area contributed by atoms with E-state index in [1.54, 1.807) is 0 Å². The molecule has 0 aromatic rings. The molecule has 3 aliphatic rings. The van der Waals surface area contributed by atoms with Crippen molar-refractivity contribution in [3.05, 3.63) is 24.8 Å². The summed E-state index contributed by atoms with van der Waals surface area (Å²) >= 11 is 0. The minimum Gasteiger partial charge on any atom is -0.388 e. The highest BCUT2D eigenvalue weighted by Crippen LogP contribution is 2.60. The molecule has 1 aliphatic heterocycles. The highest BCUT2D eigenvalue weighted by Gasteiger charge is 2.61. The Kier molecular flexibility index (Phi) is 2.09. The van der Waals surface area contributed by atoms with Crippen LogP contribution in [0.25, 0.3) is 0 Å². The van der Waals surface area contributed by atoms with Crippen molar-refractivity contribution in [2.24, 2.45) is 11.3 Å². The highest BCUT2D eigenvalue weighted by molar-refractivity contribution is 5.32. The van der Waals surface area contributed by atoms with Gasteiger partial charge < -0.3 is 14.6 Å². The molecule has 2 aliphatic carbocycles. The molecule has 88 valence electrons. The number of fused-ring (bicyclic) bond motifs is 3. The monoisotopic (exact) mass is 222 g/mol. The van der Waals surface area contributed by atoms with E-state index < -0.39 is 11.9 Å². The number of rotatable bonds is 1. The van der Waals surface area contributed by atoms with Crippen molar-refractivity contribution in [3.8, 4) is 0 Å². The number of allylic oxidation sites excluding steroid dienone is 1. The molecule has 3 rings (SSSR count). The van der Waals surface area contributed by atoms with Crippen molar-refractivity contribution >= 4 is 0 Å². The van der Waals surface area contributed by atoms with E-state index >= 15 is 0 Å². The summed E-state index contributed by atoms with van der Waals surface area (Å²) in [6.07, 6.45) is 4.04. The van der Waals surface area contributed by atoms with Gasteiger partial charge in [0.2, 0.25) is 0 Å². The van der Waals surface area contributed by atoms with Crippen molar-refractivity contribution < 1.29 is 14.6 Å². The van der Waals surface area contributed by atoms with E-state index in [9.17, 15) is 5.11 Å². The second kappa shape index (κ2) is 3.19. The molecule has 3 fully saturated rings. The van der Waals surface area contributed by atoms with Crippen molar-refractivity contribution in [3.63, 3.8) is 0 Å². The van der Waals surface area contributed by atoms with E-state index in [-0.39, 0.29) is 11.3 Å². The number of hydrogen-bond acceptors (Lipinski definition) is 3. The standard InChI is InChI=1S/C13H18O3/c1-3-12-4-5-13(15-6-7-16-13)10(8-12)11(14)9(12)2/h3,10-11,14H,1-2,4-8H2/t10-,11?,12+/m0/s1. The zero-order valence-corrected chi connectivity index (χ0v) is 9.45. The topological polar surface area (TPSA) is 38.7 Å². The average molecular weight is 222 g/mol. The molecule has 0 aromatic carbocycles. The Bertz CT molecular complexity index is 343. The van der Waals surface area contributed by atoms with Gasteiger partial charge in [-0.3, -0.25) is 0 Å². The molecular formula is C13H18O3. The van der Waals surface area contributed by atoms with Crippen LogP contribution in [-0.4, -0.2) is 30.2 Å². The molecule has 3 heteroatoms. The van der Waals surface area contributed by atoms with Gasteiger partial charge in [-0.25, -0.2) is 0 Å². The maximum Gasteiger partial charge on any atom is 0.174 e. The zero-order valence-electron chi connectivity index (χ0n) is 9.45. The summed E-state index contributed by atoms with van der Waals surface area (Å²) in [4.78, 5) is 0. The van der Waals surface area contributed by atoms with Crippen molar-refractivity contribution in [2.45, 2.75) is 31.2 Å². The van der Waals surface area contributed by atoms with Gasteiger partial charge in [0.05, 0.1) is 19.3 Å². The number of aliphatic hydroxyl groups excluding tert-OH is 1. The van der Waals surface area contributed by atoms with Crippen LogP contribution in [-0.2, 0) is 9.47 Å². The molecule has 2 bridgehead atoms. The SMILES string of the molecule is C=C[C@@]12CCC3(OCCO3)[C@@H](C1)C(O)C2=C. The first-order valence-electron chi connectivity index (χ1n) is 5.92. The normalized spacial score (nSPS) is 45.2. The summed E-state index contributed by atoms with van der Waals surface area (Å²) < 4.78 is 11.5. The van der Waals surface area contributed by atoms with Gasteiger partial charge >= 0.3 is 0 Å². The van der Waals surface area contributed by atoms with Gasteiger partial charge in [0, 0.05) is 17.8 Å². The molecule has 1 saturated heterocycles. The number of hydrogen-bond donors (Lipinski definition) is 1. The van der Waals surface area contributed by atoms with Crippen LogP contribution in [0.4, 0.5) is 0 Å². The minimum atomic E-state index is -0.550. The predicted octanol–water partition coefficient (Wildman–Crippen LogP) is 1.63. The Labute approximate surface area is 95.7 Å². The molecule has 1 spiro atoms. The van der Waals surface area contributed by atoms with E-state index in [0.717, 1.165) is 24.8 Å². The molecule has 1 N–H and O–H groups in total. The molecule has 2 saturated carbocycles. The van der Waals surface area contributed by atoms with E-state index in [4.69, 9.17) is 9.47 Å². The summed E-state index contributed by atoms with van der Waals surface area (Å²) in [5.74, 6) is -0.528. The molecule has 1 unspecified atom stereocenters. The van der Waals surface area contributed by atoms with Crippen molar-refractivity contribution in [2.75, 3.05) is 13.2 Å². The molecule has 3 atom stereocenters. The van der Waals surface area contributed by atoms with Crippen LogP contribution < -0.4 is 0 Å². The molecule has 1 heterocycles. The zero-order chi connectivity index (χ0) is 11.4. The van der Waals surface area contributed by atoms with E-state index in [0.29, 0.717) is 13.2 Å². The van der Waals surface area contributed by atoms with Crippen LogP contribution >= 0.6 is 0 Å². The minimum absolute atomic E-state index is 0.0225. The second-order valence-electron chi connectivity index (χ2n) is 5.15. The summed E-state index contributed by atoms with van der Waals surface area (Å²) in [7, 11) is 0. The van der Waals surface area contributed by atoms with Gasteiger partial charge in [-0.1, -0.05) is 12.7 Å². The Morgan fingerprint density at radius 3 is 2.62 bits per heavy atom. The third-order valence-electron chi connectivity index (χ3n) is 4.61. The van der Waals surface area contributed by atoms with Crippen molar-refractivity contribution in [1.29, 1.82) is 0 Å². The number of aliphatic hydroxyl groups is 1. The fraction of sp³-hybridized carbons (Fsp3) is 0.692. The van der Waals surface area contributed by atoms with Crippen LogP contribution in [0.2, 0.25) is 0 Å². The Morgan fingerprint density at radius 1 is 1.31 bits per heavy atom. The maximum absolute atomic E-state index is 10.3. The first-order chi connectivity index (χ1) is 7.64. The Hall–Kier alpha value is -0.640. The van der Waals surface area contributed by atoms with Gasteiger partial charge in [0.1, 0.15) is 0 Å². The molecule has 3 nitrogen and oxygen atoms in total. The molecule has 0 amide bonds. The van der Waals surface area contributed by atoms with Crippen molar-refractivity contribution in [1.82, 2.24) is 0 Å². The highest BCUT2D eigenvalue weighted by atomic mass is 16.7. The van der Waals surface area contributed by atoms with Crippen LogP contribution in [0, 0.1) is 11.3 Å². The summed E-state index contributed by atoms with van der Waals surface area (Å²) in [6, 6.07) is 0. The summed E-state index contributed by atoms with van der Waals surface area (Å²) in [5.41, 5.74) is 0.799.